The number of hydrogen-bond donors (Lipinski definition) is 0. The van der Waals surface area contributed by atoms with Gasteiger partial charge in [0.2, 0.25) is 11.8 Å². The van der Waals surface area contributed by atoms with Crippen molar-refractivity contribution in [2.45, 2.75) is 26.2 Å². The zero-order valence-electron chi connectivity index (χ0n) is 11.3. The fourth-order valence-corrected chi connectivity index (χ4v) is 2.35. The number of benzene rings is 1. The van der Waals surface area contributed by atoms with Crippen LogP contribution in [0.15, 0.2) is 22.7 Å². The molecule has 0 radical (unpaired) electrons. The van der Waals surface area contributed by atoms with E-state index in [1.807, 2.05) is 0 Å². The van der Waals surface area contributed by atoms with Crippen molar-refractivity contribution in [3.8, 4) is 0 Å². The number of carbonyl (C=O) groups is 1. The van der Waals surface area contributed by atoms with Crippen molar-refractivity contribution in [2.75, 3.05) is 11.4 Å². The Balaban J connectivity index is 1.85. The van der Waals surface area contributed by atoms with Crippen molar-refractivity contribution in [3.05, 3.63) is 41.3 Å². The van der Waals surface area contributed by atoms with Crippen LogP contribution in [0.25, 0.3) is 0 Å². The van der Waals surface area contributed by atoms with Gasteiger partial charge in [0.25, 0.3) is 0 Å². The Hall–Kier alpha value is -2.24. The van der Waals surface area contributed by atoms with Gasteiger partial charge in [0, 0.05) is 18.7 Å². The minimum atomic E-state index is -0.313. The first kappa shape index (κ1) is 12.8. The summed E-state index contributed by atoms with van der Waals surface area (Å²) in [6.45, 7) is 3.86. The maximum Gasteiger partial charge on any atom is 0.232 e. The van der Waals surface area contributed by atoms with Crippen molar-refractivity contribution in [1.29, 1.82) is 0 Å². The Morgan fingerprint density at radius 2 is 2.20 bits per heavy atom. The standard InChI is InChI=1S/C14H14FN3O2/c1-8-3-4-11(6-12(8)15)18-7-10(5-13(18)19)14-16-9(2)17-20-14/h3-4,6,10H,5,7H2,1-2H3. The number of anilines is 1. The summed E-state index contributed by atoms with van der Waals surface area (Å²) >= 11 is 0. The molecule has 2 heterocycles. The average molecular weight is 275 g/mol. The molecule has 6 heteroatoms. The number of carbonyl (C=O) groups excluding carboxylic acids is 1. The van der Waals surface area contributed by atoms with E-state index in [9.17, 15) is 9.18 Å². The Morgan fingerprint density at radius 1 is 1.40 bits per heavy atom. The molecule has 1 atom stereocenters. The van der Waals surface area contributed by atoms with E-state index in [0.717, 1.165) is 0 Å². The molecule has 1 aromatic heterocycles. The monoisotopic (exact) mass is 275 g/mol. The molecule has 20 heavy (non-hydrogen) atoms. The highest BCUT2D eigenvalue weighted by molar-refractivity contribution is 5.96. The lowest BCUT2D eigenvalue weighted by Crippen LogP contribution is -2.24. The highest BCUT2D eigenvalue weighted by atomic mass is 19.1. The van der Waals surface area contributed by atoms with Crippen LogP contribution < -0.4 is 4.90 Å². The molecule has 104 valence electrons. The molecule has 0 saturated carbocycles. The van der Waals surface area contributed by atoms with Gasteiger partial charge in [-0.25, -0.2) is 4.39 Å². The Bertz CT molecular complexity index is 668. The van der Waals surface area contributed by atoms with Gasteiger partial charge in [-0.15, -0.1) is 0 Å². The third-order valence-corrected chi connectivity index (χ3v) is 3.48. The maximum atomic E-state index is 13.6. The first-order valence-corrected chi connectivity index (χ1v) is 6.41. The smallest absolute Gasteiger partial charge is 0.232 e. The molecular weight excluding hydrogens is 261 g/mol. The van der Waals surface area contributed by atoms with Gasteiger partial charge < -0.3 is 9.42 Å². The van der Waals surface area contributed by atoms with Gasteiger partial charge in [-0.05, 0) is 31.5 Å². The van der Waals surface area contributed by atoms with Gasteiger partial charge >= 0.3 is 0 Å². The minimum Gasteiger partial charge on any atom is -0.339 e. The molecule has 0 bridgehead atoms. The molecule has 1 fully saturated rings. The Labute approximate surface area is 115 Å². The molecule has 5 nitrogen and oxygen atoms in total. The van der Waals surface area contributed by atoms with Gasteiger partial charge in [0.05, 0.1) is 5.92 Å². The van der Waals surface area contributed by atoms with Gasteiger partial charge in [0.15, 0.2) is 5.82 Å². The van der Waals surface area contributed by atoms with Crippen LogP contribution in [0.5, 0.6) is 0 Å². The van der Waals surface area contributed by atoms with E-state index >= 15 is 0 Å². The fourth-order valence-electron chi connectivity index (χ4n) is 2.35. The van der Waals surface area contributed by atoms with E-state index in [4.69, 9.17) is 4.52 Å². The van der Waals surface area contributed by atoms with Crippen LogP contribution >= 0.6 is 0 Å². The highest BCUT2D eigenvalue weighted by Crippen LogP contribution is 2.31. The van der Waals surface area contributed by atoms with Crippen molar-refractivity contribution in [1.82, 2.24) is 10.1 Å². The normalized spacial score (nSPS) is 18.9. The summed E-state index contributed by atoms with van der Waals surface area (Å²) in [5, 5.41) is 3.73. The minimum absolute atomic E-state index is 0.0610. The van der Waals surface area contributed by atoms with Crippen molar-refractivity contribution in [2.24, 2.45) is 0 Å². The molecule has 1 amide bonds. The zero-order chi connectivity index (χ0) is 14.3. The second kappa shape index (κ2) is 4.70. The van der Waals surface area contributed by atoms with Gasteiger partial charge in [-0.2, -0.15) is 4.98 Å². The molecule has 0 spiro atoms. The molecular formula is C14H14FN3O2. The number of amides is 1. The van der Waals surface area contributed by atoms with Gasteiger partial charge in [-0.3, -0.25) is 4.79 Å². The molecule has 0 aliphatic carbocycles. The average Bonchev–Trinajstić information content (AvgIpc) is 2.99. The van der Waals surface area contributed by atoms with E-state index in [1.165, 1.54) is 6.07 Å². The number of aryl methyl sites for hydroxylation is 2. The predicted molar refractivity (Wildman–Crippen MR) is 69.9 cm³/mol. The number of nitrogens with zero attached hydrogens (tertiary/aromatic N) is 3. The second-order valence-corrected chi connectivity index (χ2v) is 5.02. The lowest BCUT2D eigenvalue weighted by Gasteiger charge is -2.16. The quantitative estimate of drug-likeness (QED) is 0.844. The summed E-state index contributed by atoms with van der Waals surface area (Å²) in [4.78, 5) is 17.8. The maximum absolute atomic E-state index is 13.6. The first-order valence-electron chi connectivity index (χ1n) is 6.41. The summed E-state index contributed by atoms with van der Waals surface area (Å²) in [5.41, 5.74) is 1.13. The van der Waals surface area contributed by atoms with Crippen LogP contribution in [0.2, 0.25) is 0 Å². The predicted octanol–water partition coefficient (Wildman–Crippen LogP) is 2.35. The van der Waals surface area contributed by atoms with Crippen molar-refractivity contribution < 1.29 is 13.7 Å². The van der Waals surface area contributed by atoms with Crippen LogP contribution in [0.3, 0.4) is 0 Å². The van der Waals surface area contributed by atoms with Crippen LogP contribution in [-0.2, 0) is 4.79 Å². The van der Waals surface area contributed by atoms with Crippen LogP contribution in [0.1, 0.15) is 29.6 Å². The zero-order valence-corrected chi connectivity index (χ0v) is 11.3. The van der Waals surface area contributed by atoms with E-state index in [-0.39, 0.29) is 17.6 Å². The number of hydrogen-bond acceptors (Lipinski definition) is 4. The number of halogens is 1. The highest BCUT2D eigenvalue weighted by Gasteiger charge is 2.35. The fraction of sp³-hybridized carbons (Fsp3) is 0.357. The molecule has 1 aromatic carbocycles. The molecule has 1 unspecified atom stereocenters. The van der Waals surface area contributed by atoms with Gasteiger partial charge in [-0.1, -0.05) is 11.2 Å². The summed E-state index contributed by atoms with van der Waals surface area (Å²) in [6, 6.07) is 4.80. The third kappa shape index (κ3) is 2.17. The molecule has 1 aliphatic rings. The van der Waals surface area contributed by atoms with Crippen LogP contribution in [0.4, 0.5) is 10.1 Å². The summed E-state index contributed by atoms with van der Waals surface area (Å²) in [5.74, 6) is 0.507. The summed E-state index contributed by atoms with van der Waals surface area (Å²) in [7, 11) is 0. The summed E-state index contributed by atoms with van der Waals surface area (Å²) in [6.07, 6.45) is 0.303. The largest absolute Gasteiger partial charge is 0.339 e. The van der Waals surface area contributed by atoms with E-state index in [2.05, 4.69) is 10.1 Å². The lowest BCUT2D eigenvalue weighted by molar-refractivity contribution is -0.117. The molecule has 1 aliphatic heterocycles. The van der Waals surface area contributed by atoms with Crippen molar-refractivity contribution >= 4 is 11.6 Å². The Kier molecular flexibility index (Phi) is 3.00. The third-order valence-electron chi connectivity index (χ3n) is 3.48. The van der Waals surface area contributed by atoms with E-state index in [1.54, 1.807) is 30.9 Å². The number of rotatable bonds is 2. The van der Waals surface area contributed by atoms with Crippen LogP contribution in [-0.4, -0.2) is 22.6 Å². The second-order valence-electron chi connectivity index (χ2n) is 5.02. The molecule has 2 aromatic rings. The topological polar surface area (TPSA) is 59.2 Å². The van der Waals surface area contributed by atoms with Crippen LogP contribution in [0, 0.1) is 19.7 Å². The van der Waals surface area contributed by atoms with E-state index in [0.29, 0.717) is 35.9 Å². The van der Waals surface area contributed by atoms with Crippen molar-refractivity contribution in [3.63, 3.8) is 0 Å². The molecule has 3 rings (SSSR count). The molecule has 1 saturated heterocycles. The lowest BCUT2D eigenvalue weighted by atomic mass is 10.1. The Morgan fingerprint density at radius 3 is 2.85 bits per heavy atom. The first-order chi connectivity index (χ1) is 9.54. The SMILES string of the molecule is Cc1noc(C2CC(=O)N(c3ccc(C)c(F)c3)C2)n1. The molecule has 0 N–H and O–H groups in total. The number of aromatic nitrogens is 2. The van der Waals surface area contributed by atoms with Gasteiger partial charge in [0.1, 0.15) is 5.82 Å². The van der Waals surface area contributed by atoms with E-state index < -0.39 is 0 Å². The summed E-state index contributed by atoms with van der Waals surface area (Å²) < 4.78 is 18.7.